The molecule has 9 nitrogen and oxygen atoms in total. The highest BCUT2D eigenvalue weighted by molar-refractivity contribution is 9.10. The van der Waals surface area contributed by atoms with Crippen molar-refractivity contribution in [3.8, 4) is 23.3 Å². The van der Waals surface area contributed by atoms with Crippen LogP contribution in [0.25, 0.3) is 0 Å². The second-order valence-corrected chi connectivity index (χ2v) is 8.15. The van der Waals surface area contributed by atoms with E-state index in [1.54, 1.807) is 48.5 Å². The lowest BCUT2D eigenvalue weighted by Crippen LogP contribution is -2.34. The first-order chi connectivity index (χ1) is 17.0. The molecule has 2 amide bonds. The molecule has 10 heteroatoms. The molecule has 176 valence electrons. The summed E-state index contributed by atoms with van der Waals surface area (Å²) in [5.41, 5.74) is 4.79. The number of nitrogens with zero attached hydrogens (tertiary/aromatic N) is 2. The van der Waals surface area contributed by atoms with Crippen molar-refractivity contribution in [3.63, 3.8) is 0 Å². The van der Waals surface area contributed by atoms with Crippen LogP contribution in [0.2, 0.25) is 0 Å². The Morgan fingerprint density at radius 1 is 1.11 bits per heavy atom. The molecule has 2 N–H and O–H groups in total. The Kier molecular flexibility index (Phi) is 7.60. The van der Waals surface area contributed by atoms with Crippen LogP contribution in [-0.2, 0) is 11.4 Å². The first-order valence-electron chi connectivity index (χ1n) is 10.4. The Balaban J connectivity index is 1.25. The average molecular weight is 535 g/mol. The van der Waals surface area contributed by atoms with Gasteiger partial charge in [0.25, 0.3) is 11.8 Å². The molecule has 35 heavy (non-hydrogen) atoms. The molecule has 0 unspecified atom stereocenters. The molecule has 3 aromatic carbocycles. The SMILES string of the molecule is N#Cc1ccccc1COc1ccc(/C=N/NC(=O)CNC(=O)c2ccc3c(c2)OCO3)cc1Br. The van der Waals surface area contributed by atoms with Gasteiger partial charge >= 0.3 is 0 Å². The van der Waals surface area contributed by atoms with Crippen molar-refractivity contribution in [2.24, 2.45) is 5.10 Å². The fourth-order valence-corrected chi connectivity index (χ4v) is 3.65. The number of hydrogen-bond acceptors (Lipinski definition) is 7. The summed E-state index contributed by atoms with van der Waals surface area (Å²) in [5, 5.41) is 15.6. The van der Waals surface area contributed by atoms with Crippen molar-refractivity contribution < 1.29 is 23.8 Å². The molecule has 0 aliphatic carbocycles. The maximum absolute atomic E-state index is 12.2. The minimum atomic E-state index is -0.481. The molecule has 1 aliphatic rings. The zero-order valence-electron chi connectivity index (χ0n) is 18.3. The van der Waals surface area contributed by atoms with Crippen molar-refractivity contribution >= 4 is 34.0 Å². The average Bonchev–Trinajstić information content (AvgIpc) is 3.35. The lowest BCUT2D eigenvalue weighted by atomic mass is 10.1. The molecule has 0 bridgehead atoms. The number of carbonyl (C=O) groups is 2. The summed E-state index contributed by atoms with van der Waals surface area (Å²) in [4.78, 5) is 24.2. The summed E-state index contributed by atoms with van der Waals surface area (Å²) in [6, 6.07) is 19.5. The number of nitriles is 1. The second-order valence-electron chi connectivity index (χ2n) is 7.29. The van der Waals surface area contributed by atoms with Gasteiger partial charge in [-0.3, -0.25) is 9.59 Å². The first kappa shape index (κ1) is 23.8. The molecule has 1 aliphatic heterocycles. The van der Waals surface area contributed by atoms with Crippen LogP contribution in [0.4, 0.5) is 0 Å². The van der Waals surface area contributed by atoms with Gasteiger partial charge < -0.3 is 19.5 Å². The highest BCUT2D eigenvalue weighted by atomic mass is 79.9. The van der Waals surface area contributed by atoms with E-state index in [2.05, 4.69) is 37.8 Å². The summed E-state index contributed by atoms with van der Waals surface area (Å²) in [6.45, 7) is 0.124. The van der Waals surface area contributed by atoms with Crippen molar-refractivity contribution in [1.82, 2.24) is 10.7 Å². The van der Waals surface area contributed by atoms with Gasteiger partial charge in [0.2, 0.25) is 6.79 Å². The van der Waals surface area contributed by atoms with Crippen molar-refractivity contribution in [2.45, 2.75) is 6.61 Å². The van der Waals surface area contributed by atoms with Gasteiger partial charge in [-0.15, -0.1) is 0 Å². The molecular weight excluding hydrogens is 516 g/mol. The number of hydrogen-bond donors (Lipinski definition) is 2. The monoisotopic (exact) mass is 534 g/mol. The van der Waals surface area contributed by atoms with Crippen LogP contribution in [0.3, 0.4) is 0 Å². The third kappa shape index (κ3) is 6.16. The minimum absolute atomic E-state index is 0.115. The Bertz CT molecular complexity index is 1340. The third-order valence-electron chi connectivity index (χ3n) is 4.92. The topological polar surface area (TPSA) is 122 Å². The van der Waals surface area contributed by atoms with E-state index in [4.69, 9.17) is 14.2 Å². The fourth-order valence-electron chi connectivity index (χ4n) is 3.14. The quantitative estimate of drug-likeness (QED) is 0.337. The summed E-state index contributed by atoms with van der Waals surface area (Å²) >= 11 is 3.46. The van der Waals surface area contributed by atoms with Gasteiger partial charge in [-0.25, -0.2) is 5.43 Å². The van der Waals surface area contributed by atoms with E-state index in [0.29, 0.717) is 38.4 Å². The lowest BCUT2D eigenvalue weighted by molar-refractivity contribution is -0.120. The van der Waals surface area contributed by atoms with Gasteiger partial charge in [0.1, 0.15) is 12.4 Å². The highest BCUT2D eigenvalue weighted by Gasteiger charge is 2.16. The van der Waals surface area contributed by atoms with E-state index in [1.165, 1.54) is 6.21 Å². The summed E-state index contributed by atoms with van der Waals surface area (Å²) < 4.78 is 17.0. The van der Waals surface area contributed by atoms with Crippen molar-refractivity contribution in [2.75, 3.05) is 13.3 Å². The van der Waals surface area contributed by atoms with Crippen molar-refractivity contribution in [3.05, 3.63) is 87.4 Å². The summed E-state index contributed by atoms with van der Waals surface area (Å²) in [5.74, 6) is 0.764. The standard InChI is InChI=1S/C25H19BrN4O5/c26-20-9-16(5-7-21(20)33-14-19-4-2-1-3-18(19)11-27)12-29-30-24(31)13-28-25(32)17-6-8-22-23(10-17)35-15-34-22/h1-10,12H,13-15H2,(H,28,32)(H,30,31)/b29-12+. The second kappa shape index (κ2) is 11.2. The molecule has 0 fully saturated rings. The Labute approximate surface area is 209 Å². The third-order valence-corrected chi connectivity index (χ3v) is 5.54. The van der Waals surface area contributed by atoms with Crippen LogP contribution in [0, 0.1) is 11.3 Å². The molecule has 0 spiro atoms. The van der Waals surface area contributed by atoms with E-state index in [9.17, 15) is 14.9 Å². The number of carbonyl (C=O) groups excluding carboxylic acids is 2. The molecule has 4 rings (SSSR count). The zero-order valence-corrected chi connectivity index (χ0v) is 19.9. The number of benzene rings is 3. The van der Waals surface area contributed by atoms with Crippen LogP contribution < -0.4 is 25.0 Å². The molecule has 0 radical (unpaired) electrons. The Morgan fingerprint density at radius 2 is 1.94 bits per heavy atom. The number of halogens is 1. The largest absolute Gasteiger partial charge is 0.488 e. The van der Waals surface area contributed by atoms with E-state index in [1.807, 2.05) is 12.1 Å². The zero-order chi connectivity index (χ0) is 24.6. The number of nitrogens with one attached hydrogen (secondary N) is 2. The molecule has 0 saturated carbocycles. The van der Waals surface area contributed by atoms with E-state index in [0.717, 1.165) is 5.56 Å². The Morgan fingerprint density at radius 3 is 2.77 bits per heavy atom. The number of amides is 2. The van der Waals surface area contributed by atoms with E-state index >= 15 is 0 Å². The van der Waals surface area contributed by atoms with Crippen molar-refractivity contribution in [1.29, 1.82) is 5.26 Å². The van der Waals surface area contributed by atoms with Crippen LogP contribution in [0.5, 0.6) is 17.2 Å². The molecule has 1 heterocycles. The van der Waals surface area contributed by atoms with Gasteiger partial charge in [0, 0.05) is 11.1 Å². The number of hydrazone groups is 1. The van der Waals surface area contributed by atoms with Gasteiger partial charge in [-0.05, 0) is 64.0 Å². The maximum atomic E-state index is 12.2. The number of fused-ring (bicyclic) bond motifs is 1. The van der Waals surface area contributed by atoms with Crippen LogP contribution in [0.1, 0.15) is 27.0 Å². The Hall–Kier alpha value is -4.36. The maximum Gasteiger partial charge on any atom is 0.259 e. The van der Waals surface area contributed by atoms with Crippen LogP contribution in [0.15, 0.2) is 70.2 Å². The normalized spacial score (nSPS) is 11.7. The minimum Gasteiger partial charge on any atom is -0.488 e. The van der Waals surface area contributed by atoms with Gasteiger partial charge in [0.05, 0.1) is 28.9 Å². The highest BCUT2D eigenvalue weighted by Crippen LogP contribution is 2.32. The summed E-state index contributed by atoms with van der Waals surface area (Å²) in [7, 11) is 0. The van der Waals surface area contributed by atoms with Gasteiger partial charge in [-0.2, -0.15) is 10.4 Å². The van der Waals surface area contributed by atoms with Crippen LogP contribution >= 0.6 is 15.9 Å². The van der Waals surface area contributed by atoms with E-state index in [-0.39, 0.29) is 19.9 Å². The molecule has 0 aromatic heterocycles. The lowest BCUT2D eigenvalue weighted by Gasteiger charge is -2.10. The smallest absolute Gasteiger partial charge is 0.259 e. The predicted molar refractivity (Wildman–Crippen MR) is 130 cm³/mol. The molecule has 0 atom stereocenters. The number of rotatable bonds is 8. The number of ether oxygens (including phenoxy) is 3. The molecule has 3 aromatic rings. The molecular formula is C25H19BrN4O5. The molecule has 0 saturated heterocycles. The van der Waals surface area contributed by atoms with Gasteiger partial charge in [-0.1, -0.05) is 18.2 Å². The fraction of sp³-hybridized carbons (Fsp3) is 0.120. The summed E-state index contributed by atoms with van der Waals surface area (Å²) in [6.07, 6.45) is 1.47. The predicted octanol–water partition coefficient (Wildman–Crippen LogP) is 3.51. The van der Waals surface area contributed by atoms with Gasteiger partial charge in [0.15, 0.2) is 11.5 Å². The van der Waals surface area contributed by atoms with Crippen LogP contribution in [-0.4, -0.2) is 31.4 Å². The van der Waals surface area contributed by atoms with E-state index < -0.39 is 11.8 Å². The first-order valence-corrected chi connectivity index (χ1v) is 11.2.